The van der Waals surface area contributed by atoms with Crippen molar-refractivity contribution in [3.63, 3.8) is 0 Å². The van der Waals surface area contributed by atoms with E-state index >= 15 is 0 Å². The van der Waals surface area contributed by atoms with Gasteiger partial charge in [0.25, 0.3) is 11.8 Å². The molecule has 0 radical (unpaired) electrons. The molecule has 3 N–H and O–H groups in total. The largest absolute Gasteiger partial charge is 0.457 e. The molecule has 1 unspecified atom stereocenters. The molecule has 0 spiro atoms. The van der Waals surface area contributed by atoms with Crippen LogP contribution in [0.4, 0.5) is 0 Å². The number of primary amides is 1. The summed E-state index contributed by atoms with van der Waals surface area (Å²) in [7, 11) is 0. The Morgan fingerprint density at radius 1 is 0.914 bits per heavy atom. The number of hydrogen-bond acceptors (Lipinski definition) is 5. The smallest absolute Gasteiger partial charge is 0.287 e. The molecule has 3 aromatic carbocycles. The van der Waals surface area contributed by atoms with Crippen LogP contribution in [0, 0.1) is 6.92 Å². The number of hydrogen-bond donors (Lipinski definition) is 2. The summed E-state index contributed by atoms with van der Waals surface area (Å²) in [4.78, 5) is 37.2. The number of benzene rings is 3. The Morgan fingerprint density at radius 2 is 1.51 bits per heavy atom. The zero-order chi connectivity index (χ0) is 24.8. The molecule has 1 aromatic heterocycles. The number of nitrogens with two attached hydrogens (primary N) is 1. The lowest BCUT2D eigenvalue weighted by Gasteiger charge is -2.17. The maximum absolute atomic E-state index is 13.2. The van der Waals surface area contributed by atoms with Crippen molar-refractivity contribution in [3.05, 3.63) is 108 Å². The van der Waals surface area contributed by atoms with Crippen LogP contribution in [0.5, 0.6) is 11.5 Å². The molecule has 0 fully saturated rings. The lowest BCUT2D eigenvalue weighted by molar-refractivity contribution is -0.137. The van der Waals surface area contributed by atoms with E-state index in [1.165, 1.54) is 4.68 Å². The van der Waals surface area contributed by atoms with Gasteiger partial charge in [-0.05, 0) is 55.0 Å². The number of Topliss-reactive ketones (excluding diaryl/α,β-unsaturated/α-hetero) is 1. The fraction of sp³-hybridized carbons (Fsp3) is 0.111. The van der Waals surface area contributed by atoms with Crippen molar-refractivity contribution in [3.8, 4) is 17.2 Å². The van der Waals surface area contributed by atoms with Crippen LogP contribution in [0.3, 0.4) is 0 Å². The summed E-state index contributed by atoms with van der Waals surface area (Å²) in [6.45, 7) is 1.76. The average Bonchev–Trinajstić information content (AvgIpc) is 3.26. The third kappa shape index (κ3) is 5.80. The lowest BCUT2D eigenvalue weighted by atomic mass is 10.0. The Morgan fingerprint density at radius 3 is 2.14 bits per heavy atom. The second-order valence-corrected chi connectivity index (χ2v) is 7.94. The summed E-state index contributed by atoms with van der Waals surface area (Å²) in [6.07, 6.45) is 0.132. The third-order valence-corrected chi connectivity index (χ3v) is 5.27. The molecule has 4 aromatic rings. The van der Waals surface area contributed by atoms with Gasteiger partial charge in [0.15, 0.2) is 0 Å². The van der Waals surface area contributed by atoms with Crippen LogP contribution in [-0.4, -0.2) is 33.4 Å². The number of aromatic nitrogens is 2. The predicted molar refractivity (Wildman–Crippen MR) is 130 cm³/mol. The Kier molecular flexibility index (Phi) is 7.02. The molecule has 0 aliphatic rings. The summed E-state index contributed by atoms with van der Waals surface area (Å²) >= 11 is 0. The van der Waals surface area contributed by atoms with Crippen molar-refractivity contribution in [1.82, 2.24) is 15.1 Å². The minimum Gasteiger partial charge on any atom is -0.457 e. The standard InChI is InChI=1S/C27H24N4O4/c1-18-16-24(27(34)29-23(25(32)26(28)33)17-19-8-4-2-5-9-19)31(30-18)20-12-14-22(15-13-20)35-21-10-6-3-7-11-21/h2-16,23H,17H2,1H3,(H2,28,33)(H,29,34). The summed E-state index contributed by atoms with van der Waals surface area (Å²) in [5.74, 6) is -1.19. The minimum absolute atomic E-state index is 0.132. The van der Waals surface area contributed by atoms with Gasteiger partial charge in [-0.25, -0.2) is 4.68 Å². The first-order valence-electron chi connectivity index (χ1n) is 11.0. The van der Waals surface area contributed by atoms with Crippen molar-refractivity contribution >= 4 is 17.6 Å². The molecule has 8 nitrogen and oxygen atoms in total. The second-order valence-electron chi connectivity index (χ2n) is 7.94. The molecular formula is C27H24N4O4. The zero-order valence-corrected chi connectivity index (χ0v) is 19.0. The maximum atomic E-state index is 13.2. The molecule has 1 heterocycles. The summed E-state index contributed by atoms with van der Waals surface area (Å²) in [5, 5.41) is 7.08. The van der Waals surface area contributed by atoms with E-state index in [0.29, 0.717) is 22.9 Å². The fourth-order valence-electron chi connectivity index (χ4n) is 3.60. The van der Waals surface area contributed by atoms with Crippen molar-refractivity contribution in [2.24, 2.45) is 5.73 Å². The molecular weight excluding hydrogens is 444 g/mol. The number of rotatable bonds is 9. The molecule has 0 aliphatic carbocycles. The van der Waals surface area contributed by atoms with Crippen LogP contribution in [0.15, 0.2) is 91.0 Å². The lowest BCUT2D eigenvalue weighted by Crippen LogP contribution is -2.47. The van der Waals surface area contributed by atoms with E-state index in [9.17, 15) is 14.4 Å². The van der Waals surface area contributed by atoms with Gasteiger partial charge in [0.05, 0.1) is 11.4 Å². The van der Waals surface area contributed by atoms with Gasteiger partial charge < -0.3 is 15.8 Å². The highest BCUT2D eigenvalue weighted by atomic mass is 16.5. The Hall–Kier alpha value is -4.72. The topological polar surface area (TPSA) is 116 Å². The number of nitrogens with zero attached hydrogens (tertiary/aromatic N) is 2. The Bertz CT molecular complexity index is 1330. The molecule has 0 aliphatic heterocycles. The molecule has 1 atom stereocenters. The Labute approximate surface area is 202 Å². The number of ether oxygens (including phenoxy) is 1. The first-order chi connectivity index (χ1) is 16.9. The highest BCUT2D eigenvalue weighted by Gasteiger charge is 2.27. The van der Waals surface area contributed by atoms with E-state index in [-0.39, 0.29) is 12.1 Å². The van der Waals surface area contributed by atoms with Gasteiger partial charge in [0.1, 0.15) is 23.2 Å². The van der Waals surface area contributed by atoms with Crippen molar-refractivity contribution in [2.45, 2.75) is 19.4 Å². The summed E-state index contributed by atoms with van der Waals surface area (Å²) in [6, 6.07) is 26.1. The van der Waals surface area contributed by atoms with Crippen LogP contribution in [0.1, 0.15) is 21.7 Å². The first kappa shape index (κ1) is 23.4. The monoisotopic (exact) mass is 468 g/mol. The zero-order valence-electron chi connectivity index (χ0n) is 19.0. The molecule has 0 saturated carbocycles. The van der Waals surface area contributed by atoms with Crippen LogP contribution >= 0.6 is 0 Å². The molecule has 0 saturated heterocycles. The van der Waals surface area contributed by atoms with Crippen LogP contribution in [-0.2, 0) is 16.0 Å². The SMILES string of the molecule is Cc1cc(C(=O)NC(Cc2ccccc2)C(=O)C(N)=O)n(-c2ccc(Oc3ccccc3)cc2)n1. The van der Waals surface area contributed by atoms with Crippen molar-refractivity contribution in [1.29, 1.82) is 0 Å². The molecule has 176 valence electrons. The predicted octanol–water partition coefficient (Wildman–Crippen LogP) is 3.37. The summed E-state index contributed by atoms with van der Waals surface area (Å²) < 4.78 is 7.30. The average molecular weight is 469 g/mol. The van der Waals surface area contributed by atoms with Crippen molar-refractivity contribution < 1.29 is 19.1 Å². The normalized spacial score (nSPS) is 11.5. The maximum Gasteiger partial charge on any atom is 0.287 e. The van der Waals surface area contributed by atoms with E-state index in [1.54, 1.807) is 49.4 Å². The van der Waals surface area contributed by atoms with E-state index in [2.05, 4.69) is 10.4 Å². The van der Waals surface area contributed by atoms with Crippen molar-refractivity contribution in [2.75, 3.05) is 0 Å². The molecule has 4 rings (SSSR count). The number of para-hydroxylation sites is 1. The minimum atomic E-state index is -1.11. The van der Waals surface area contributed by atoms with Crippen LogP contribution in [0.25, 0.3) is 5.69 Å². The molecule has 8 heteroatoms. The highest BCUT2D eigenvalue weighted by molar-refractivity contribution is 6.38. The van der Waals surface area contributed by atoms with E-state index < -0.39 is 23.6 Å². The number of carbonyl (C=O) groups excluding carboxylic acids is 3. The van der Waals surface area contributed by atoms with Gasteiger partial charge in [-0.3, -0.25) is 14.4 Å². The molecule has 35 heavy (non-hydrogen) atoms. The van der Waals surface area contributed by atoms with E-state index in [0.717, 1.165) is 5.56 Å². The van der Waals surface area contributed by atoms with Gasteiger partial charge in [0, 0.05) is 6.42 Å². The van der Waals surface area contributed by atoms with Gasteiger partial charge >= 0.3 is 0 Å². The fourth-order valence-corrected chi connectivity index (χ4v) is 3.60. The third-order valence-electron chi connectivity index (χ3n) is 5.27. The second kappa shape index (κ2) is 10.5. The van der Waals surface area contributed by atoms with Gasteiger partial charge in [-0.2, -0.15) is 5.10 Å². The van der Waals surface area contributed by atoms with Crippen LogP contribution < -0.4 is 15.8 Å². The Balaban J connectivity index is 1.55. The number of ketones is 1. The van der Waals surface area contributed by atoms with E-state index in [1.807, 2.05) is 48.5 Å². The quantitative estimate of drug-likeness (QED) is 0.365. The molecule has 2 amide bonds. The number of aryl methyl sites for hydroxylation is 1. The highest BCUT2D eigenvalue weighted by Crippen LogP contribution is 2.23. The molecule has 0 bridgehead atoms. The number of carbonyl (C=O) groups is 3. The first-order valence-corrected chi connectivity index (χ1v) is 11.0. The van der Waals surface area contributed by atoms with Gasteiger partial charge in [-0.15, -0.1) is 0 Å². The van der Waals surface area contributed by atoms with Gasteiger partial charge in [0.2, 0.25) is 5.78 Å². The number of amides is 2. The summed E-state index contributed by atoms with van der Waals surface area (Å²) in [5.41, 5.74) is 7.47. The van der Waals surface area contributed by atoms with E-state index in [4.69, 9.17) is 10.5 Å². The van der Waals surface area contributed by atoms with Gasteiger partial charge in [-0.1, -0.05) is 48.5 Å². The number of nitrogens with one attached hydrogen (secondary N) is 1. The van der Waals surface area contributed by atoms with Crippen LogP contribution in [0.2, 0.25) is 0 Å².